The van der Waals surface area contributed by atoms with E-state index in [2.05, 4.69) is 15.6 Å². The summed E-state index contributed by atoms with van der Waals surface area (Å²) in [6.07, 6.45) is 0. The van der Waals surface area contributed by atoms with Crippen LogP contribution in [-0.2, 0) is 4.79 Å². The van der Waals surface area contributed by atoms with Crippen LogP contribution in [-0.4, -0.2) is 51.3 Å². The second-order valence-electron chi connectivity index (χ2n) is 5.82. The van der Waals surface area contributed by atoms with E-state index in [4.69, 9.17) is 0 Å². The van der Waals surface area contributed by atoms with E-state index < -0.39 is 11.9 Å². The third-order valence-electron chi connectivity index (χ3n) is 3.92. The van der Waals surface area contributed by atoms with Crippen LogP contribution in [0.5, 0.6) is 0 Å². The van der Waals surface area contributed by atoms with Crippen LogP contribution in [0.2, 0.25) is 0 Å². The quantitative estimate of drug-likeness (QED) is 0.901. The molecule has 2 rings (SSSR count). The van der Waals surface area contributed by atoms with Crippen LogP contribution in [0.1, 0.15) is 35.6 Å². The minimum atomic E-state index is -0.619. The fourth-order valence-corrected chi connectivity index (χ4v) is 2.36. The van der Waals surface area contributed by atoms with Gasteiger partial charge in [0.05, 0.1) is 11.4 Å². The van der Waals surface area contributed by atoms with Crippen molar-refractivity contribution in [2.45, 2.75) is 33.7 Å². The number of carbonyl (C=O) groups excluding carboxylic acids is 2. The molecule has 1 N–H and O–H groups in total. The summed E-state index contributed by atoms with van der Waals surface area (Å²) in [5, 5.41) is 10.7. The smallest absolute Gasteiger partial charge is 0.274 e. The molecule has 0 saturated heterocycles. The lowest BCUT2D eigenvalue weighted by Gasteiger charge is -2.20. The maximum Gasteiger partial charge on any atom is 0.274 e. The number of likely N-dealkylation sites (N-methyl/N-ethyl adjacent to an activating group) is 1. The first-order chi connectivity index (χ1) is 11.3. The fourth-order valence-electron chi connectivity index (χ4n) is 2.36. The molecule has 0 saturated carbocycles. The largest absolute Gasteiger partial charge is 0.344 e. The molecule has 7 nitrogen and oxygen atoms in total. The number of carbonyl (C=O) groups is 2. The maximum atomic E-state index is 12.4. The van der Waals surface area contributed by atoms with E-state index in [1.807, 2.05) is 38.1 Å². The molecule has 0 fully saturated rings. The highest BCUT2D eigenvalue weighted by Gasteiger charge is 2.23. The summed E-state index contributed by atoms with van der Waals surface area (Å²) in [4.78, 5) is 26.0. The molecule has 0 spiro atoms. The summed E-state index contributed by atoms with van der Waals surface area (Å²) in [6.45, 7) is 7.89. The van der Waals surface area contributed by atoms with Crippen LogP contribution in [0.15, 0.2) is 24.3 Å². The number of aromatic nitrogens is 3. The van der Waals surface area contributed by atoms with Crippen LogP contribution in [0, 0.1) is 13.8 Å². The third kappa shape index (κ3) is 3.61. The number of rotatable bonds is 5. The Balaban J connectivity index is 2.19. The molecule has 1 aromatic carbocycles. The normalized spacial score (nSPS) is 11.9. The molecule has 2 aromatic rings. The van der Waals surface area contributed by atoms with Gasteiger partial charge in [-0.3, -0.25) is 9.59 Å². The van der Waals surface area contributed by atoms with Crippen LogP contribution >= 0.6 is 0 Å². The second-order valence-corrected chi connectivity index (χ2v) is 5.82. The number of aryl methyl sites for hydroxylation is 1. The average molecular weight is 329 g/mol. The molecule has 1 heterocycles. The standard InChI is InChI=1S/C17H23N5O2/c1-6-21(5)17(24)12(3)18-16(23)15-13(4)22(20-19-15)14-9-7-8-11(2)10-14/h7-10,12H,6H2,1-5H3,(H,18,23). The predicted octanol–water partition coefficient (Wildman–Crippen LogP) is 1.48. The lowest BCUT2D eigenvalue weighted by molar-refractivity contribution is -0.131. The van der Waals surface area contributed by atoms with Crippen molar-refractivity contribution in [3.63, 3.8) is 0 Å². The van der Waals surface area contributed by atoms with Crippen molar-refractivity contribution in [2.24, 2.45) is 0 Å². The molecular formula is C17H23N5O2. The van der Waals surface area contributed by atoms with Crippen molar-refractivity contribution in [1.29, 1.82) is 0 Å². The van der Waals surface area contributed by atoms with E-state index in [-0.39, 0.29) is 11.6 Å². The molecule has 1 atom stereocenters. The van der Waals surface area contributed by atoms with Gasteiger partial charge in [-0.05, 0) is 45.4 Å². The van der Waals surface area contributed by atoms with Gasteiger partial charge in [0.15, 0.2) is 5.69 Å². The Hall–Kier alpha value is -2.70. The van der Waals surface area contributed by atoms with Crippen molar-refractivity contribution in [3.05, 3.63) is 41.2 Å². The van der Waals surface area contributed by atoms with E-state index in [1.54, 1.807) is 30.5 Å². The van der Waals surface area contributed by atoms with E-state index in [1.165, 1.54) is 0 Å². The highest BCUT2D eigenvalue weighted by atomic mass is 16.2. The molecule has 2 amide bonds. The minimum Gasteiger partial charge on any atom is -0.344 e. The predicted molar refractivity (Wildman–Crippen MR) is 91.1 cm³/mol. The lowest BCUT2D eigenvalue weighted by Crippen LogP contribution is -2.45. The lowest BCUT2D eigenvalue weighted by atomic mass is 10.2. The molecule has 0 radical (unpaired) electrons. The van der Waals surface area contributed by atoms with Gasteiger partial charge in [0.1, 0.15) is 6.04 Å². The van der Waals surface area contributed by atoms with Gasteiger partial charge in [-0.25, -0.2) is 4.68 Å². The summed E-state index contributed by atoms with van der Waals surface area (Å²) in [7, 11) is 1.70. The van der Waals surface area contributed by atoms with E-state index >= 15 is 0 Å². The zero-order valence-corrected chi connectivity index (χ0v) is 14.7. The SMILES string of the molecule is CCN(C)C(=O)C(C)NC(=O)c1nnn(-c2cccc(C)c2)c1C. The van der Waals surface area contributed by atoms with E-state index in [0.717, 1.165) is 11.3 Å². The Bertz CT molecular complexity index is 753. The molecular weight excluding hydrogens is 306 g/mol. The number of nitrogens with zero attached hydrogens (tertiary/aromatic N) is 4. The van der Waals surface area contributed by atoms with Gasteiger partial charge in [0, 0.05) is 13.6 Å². The molecule has 0 bridgehead atoms. The van der Waals surface area contributed by atoms with Crippen molar-refractivity contribution < 1.29 is 9.59 Å². The number of benzene rings is 1. The molecule has 1 unspecified atom stereocenters. The van der Waals surface area contributed by atoms with Gasteiger partial charge in [0.25, 0.3) is 5.91 Å². The van der Waals surface area contributed by atoms with Crippen LogP contribution in [0.3, 0.4) is 0 Å². The third-order valence-corrected chi connectivity index (χ3v) is 3.92. The molecule has 1 aromatic heterocycles. The molecule has 7 heteroatoms. The number of hydrogen-bond donors (Lipinski definition) is 1. The van der Waals surface area contributed by atoms with E-state index in [9.17, 15) is 9.59 Å². The fraction of sp³-hybridized carbons (Fsp3) is 0.412. The molecule has 0 aliphatic carbocycles. The summed E-state index contributed by atoms with van der Waals surface area (Å²) in [6, 6.07) is 7.16. The highest BCUT2D eigenvalue weighted by Crippen LogP contribution is 2.13. The first-order valence-corrected chi connectivity index (χ1v) is 7.90. The van der Waals surface area contributed by atoms with Gasteiger partial charge in [-0.1, -0.05) is 17.3 Å². The summed E-state index contributed by atoms with van der Waals surface area (Å²) in [5.74, 6) is -0.550. The van der Waals surface area contributed by atoms with Gasteiger partial charge in [0.2, 0.25) is 5.91 Å². The molecule has 0 aliphatic rings. The highest BCUT2D eigenvalue weighted by molar-refractivity contribution is 5.96. The van der Waals surface area contributed by atoms with Crippen LogP contribution in [0.4, 0.5) is 0 Å². The van der Waals surface area contributed by atoms with Gasteiger partial charge in [-0.2, -0.15) is 0 Å². The Morgan fingerprint density at radius 1 is 1.33 bits per heavy atom. The van der Waals surface area contributed by atoms with Crippen LogP contribution < -0.4 is 5.32 Å². The van der Waals surface area contributed by atoms with Crippen molar-refractivity contribution in [1.82, 2.24) is 25.2 Å². The van der Waals surface area contributed by atoms with Crippen molar-refractivity contribution in [2.75, 3.05) is 13.6 Å². The molecule has 0 aliphatic heterocycles. The molecule has 128 valence electrons. The van der Waals surface area contributed by atoms with Gasteiger partial charge >= 0.3 is 0 Å². The first kappa shape index (κ1) is 17.7. The Kier molecular flexibility index (Phi) is 5.33. The van der Waals surface area contributed by atoms with Gasteiger partial charge < -0.3 is 10.2 Å². The monoisotopic (exact) mass is 329 g/mol. The van der Waals surface area contributed by atoms with Crippen LogP contribution in [0.25, 0.3) is 5.69 Å². The Morgan fingerprint density at radius 2 is 2.04 bits per heavy atom. The summed E-state index contributed by atoms with van der Waals surface area (Å²) >= 11 is 0. The minimum absolute atomic E-state index is 0.144. The average Bonchev–Trinajstić information content (AvgIpc) is 2.94. The van der Waals surface area contributed by atoms with E-state index in [0.29, 0.717) is 12.2 Å². The first-order valence-electron chi connectivity index (χ1n) is 7.90. The number of nitrogens with one attached hydrogen (secondary N) is 1. The zero-order chi connectivity index (χ0) is 17.9. The number of hydrogen-bond acceptors (Lipinski definition) is 4. The Morgan fingerprint density at radius 3 is 2.67 bits per heavy atom. The van der Waals surface area contributed by atoms with Gasteiger partial charge in [-0.15, -0.1) is 5.10 Å². The summed E-state index contributed by atoms with van der Waals surface area (Å²) < 4.78 is 1.62. The maximum absolute atomic E-state index is 12.4. The zero-order valence-electron chi connectivity index (χ0n) is 14.7. The summed E-state index contributed by atoms with van der Waals surface area (Å²) in [5.41, 5.74) is 2.78. The second kappa shape index (κ2) is 7.25. The Labute approximate surface area is 141 Å². The number of amides is 2. The van der Waals surface area contributed by atoms with Crippen molar-refractivity contribution in [3.8, 4) is 5.69 Å². The topological polar surface area (TPSA) is 80.1 Å². The molecule has 24 heavy (non-hydrogen) atoms. The van der Waals surface area contributed by atoms with Crippen molar-refractivity contribution >= 4 is 11.8 Å².